The van der Waals surface area contributed by atoms with Crippen molar-refractivity contribution in [2.24, 2.45) is 5.73 Å². The van der Waals surface area contributed by atoms with Gasteiger partial charge in [-0.05, 0) is 23.8 Å². The van der Waals surface area contributed by atoms with Crippen LogP contribution in [-0.2, 0) is 0 Å². The summed E-state index contributed by atoms with van der Waals surface area (Å²) in [7, 11) is 0. The van der Waals surface area contributed by atoms with Crippen molar-refractivity contribution in [3.8, 4) is 0 Å². The van der Waals surface area contributed by atoms with Gasteiger partial charge in [0.05, 0.1) is 6.04 Å². The van der Waals surface area contributed by atoms with Gasteiger partial charge in [-0.2, -0.15) is 0 Å². The second kappa shape index (κ2) is 4.08. The van der Waals surface area contributed by atoms with E-state index in [1.54, 1.807) is 0 Å². The molecule has 0 aromatic heterocycles. The smallest absolute Gasteiger partial charge is 0.0587 e. The molecule has 0 heterocycles. The van der Waals surface area contributed by atoms with Crippen LogP contribution in [0.3, 0.4) is 0 Å². The Hall–Kier alpha value is -1.65. The first kappa shape index (κ1) is 10.9. The van der Waals surface area contributed by atoms with Crippen LogP contribution in [0.15, 0.2) is 36.4 Å². The van der Waals surface area contributed by atoms with E-state index in [-0.39, 0.29) is 6.04 Å². The number of benzene rings is 1. The van der Waals surface area contributed by atoms with Gasteiger partial charge in [-0.3, -0.25) is 0 Å². The van der Waals surface area contributed by atoms with Crippen molar-refractivity contribution < 1.29 is 0 Å². The molecule has 0 fully saturated rings. The monoisotopic (exact) mass is 231 g/mol. The summed E-state index contributed by atoms with van der Waals surface area (Å²) in [5, 5.41) is 0. The van der Waals surface area contributed by atoms with Crippen molar-refractivity contribution in [3.05, 3.63) is 42.0 Å². The molecule has 82 valence electrons. The largest absolute Gasteiger partial charge is 0.398 e. The number of hydrogen-bond donors (Lipinski definition) is 3. The molecule has 1 aromatic rings. The van der Waals surface area contributed by atoms with Crippen LogP contribution in [0.2, 0.25) is 0 Å². The van der Waals surface area contributed by atoms with Gasteiger partial charge in [0.15, 0.2) is 0 Å². The van der Waals surface area contributed by atoms with Crippen LogP contribution in [0.5, 0.6) is 0 Å². The first-order valence-electron chi connectivity index (χ1n) is 4.93. The van der Waals surface area contributed by atoms with Gasteiger partial charge in [-0.15, -0.1) is 0 Å². The lowest BCUT2D eigenvalue weighted by molar-refractivity contribution is 1.10. The SMILES string of the molecule is Nc1cccc(N)c1C1=CC(=S)C(N)C=C1. The van der Waals surface area contributed by atoms with Crippen molar-refractivity contribution in [1.29, 1.82) is 0 Å². The minimum absolute atomic E-state index is 0.190. The first-order chi connectivity index (χ1) is 7.59. The van der Waals surface area contributed by atoms with Crippen molar-refractivity contribution in [1.82, 2.24) is 0 Å². The summed E-state index contributed by atoms with van der Waals surface area (Å²) in [6.45, 7) is 0. The Morgan fingerprint density at radius 2 is 1.75 bits per heavy atom. The molecule has 0 amide bonds. The normalized spacial score (nSPS) is 19.7. The van der Waals surface area contributed by atoms with Crippen molar-refractivity contribution >= 4 is 34.0 Å². The maximum absolute atomic E-state index is 5.90. The third-order valence-electron chi connectivity index (χ3n) is 2.53. The summed E-state index contributed by atoms with van der Waals surface area (Å²) in [5.41, 5.74) is 20.6. The Balaban J connectivity index is 2.51. The first-order valence-corrected chi connectivity index (χ1v) is 5.34. The molecule has 0 spiro atoms. The molecule has 2 rings (SSSR count). The Morgan fingerprint density at radius 1 is 1.12 bits per heavy atom. The molecule has 1 aliphatic carbocycles. The number of nitrogen functional groups attached to an aromatic ring is 2. The van der Waals surface area contributed by atoms with E-state index in [0.29, 0.717) is 16.2 Å². The second-order valence-corrected chi connectivity index (χ2v) is 4.17. The van der Waals surface area contributed by atoms with E-state index in [1.165, 1.54) is 0 Å². The molecule has 1 aromatic carbocycles. The zero-order chi connectivity index (χ0) is 11.7. The average Bonchev–Trinajstić information content (AvgIpc) is 2.23. The summed E-state index contributed by atoms with van der Waals surface area (Å²) in [6, 6.07) is 5.27. The molecule has 1 aliphatic rings. The Labute approximate surface area is 99.6 Å². The average molecular weight is 231 g/mol. The standard InChI is InChI=1S/C12H13N3S/c13-8-5-4-7(6-11(8)16)12-9(14)2-1-3-10(12)15/h1-6,8H,13-15H2. The number of thiocarbonyl (C=S) groups is 1. The molecular formula is C12H13N3S. The van der Waals surface area contributed by atoms with E-state index in [1.807, 2.05) is 36.4 Å². The summed E-state index contributed by atoms with van der Waals surface area (Å²) < 4.78 is 0. The number of hydrogen-bond acceptors (Lipinski definition) is 4. The maximum atomic E-state index is 5.90. The highest BCUT2D eigenvalue weighted by atomic mass is 32.1. The predicted molar refractivity (Wildman–Crippen MR) is 73.0 cm³/mol. The van der Waals surface area contributed by atoms with E-state index in [0.717, 1.165) is 11.1 Å². The molecule has 1 unspecified atom stereocenters. The van der Waals surface area contributed by atoms with E-state index >= 15 is 0 Å². The van der Waals surface area contributed by atoms with Crippen LogP contribution in [0.4, 0.5) is 11.4 Å². The molecule has 0 saturated carbocycles. The van der Waals surface area contributed by atoms with E-state index in [9.17, 15) is 0 Å². The quantitative estimate of drug-likeness (QED) is 0.505. The number of rotatable bonds is 1. The van der Waals surface area contributed by atoms with Gasteiger partial charge in [0.2, 0.25) is 0 Å². The second-order valence-electron chi connectivity index (χ2n) is 3.70. The lowest BCUT2D eigenvalue weighted by atomic mass is 9.95. The van der Waals surface area contributed by atoms with Crippen LogP contribution >= 0.6 is 12.2 Å². The van der Waals surface area contributed by atoms with E-state index in [4.69, 9.17) is 29.4 Å². The fraction of sp³-hybridized carbons (Fsp3) is 0.0833. The minimum Gasteiger partial charge on any atom is -0.398 e. The number of allylic oxidation sites excluding steroid dienone is 2. The van der Waals surface area contributed by atoms with Gasteiger partial charge in [0.25, 0.3) is 0 Å². The third-order valence-corrected chi connectivity index (χ3v) is 2.92. The lowest BCUT2D eigenvalue weighted by Gasteiger charge is -2.16. The molecule has 0 bridgehead atoms. The Bertz CT molecular complexity index is 483. The summed E-state index contributed by atoms with van der Waals surface area (Å²) in [5.74, 6) is 0. The highest BCUT2D eigenvalue weighted by molar-refractivity contribution is 7.81. The molecule has 1 atom stereocenters. The Kier molecular flexibility index (Phi) is 2.77. The van der Waals surface area contributed by atoms with Gasteiger partial charge >= 0.3 is 0 Å². The molecule has 6 N–H and O–H groups in total. The van der Waals surface area contributed by atoms with E-state index < -0.39 is 0 Å². The summed E-state index contributed by atoms with van der Waals surface area (Å²) in [6.07, 6.45) is 5.61. The molecule has 0 radical (unpaired) electrons. The molecular weight excluding hydrogens is 218 g/mol. The van der Waals surface area contributed by atoms with Gasteiger partial charge in [-0.25, -0.2) is 0 Å². The fourth-order valence-corrected chi connectivity index (χ4v) is 1.88. The van der Waals surface area contributed by atoms with Gasteiger partial charge in [-0.1, -0.05) is 30.4 Å². The van der Waals surface area contributed by atoms with Crippen LogP contribution in [0.1, 0.15) is 5.56 Å². The molecule has 0 saturated heterocycles. The minimum atomic E-state index is -0.190. The Morgan fingerprint density at radius 3 is 2.31 bits per heavy atom. The van der Waals surface area contributed by atoms with Crippen molar-refractivity contribution in [2.75, 3.05) is 11.5 Å². The summed E-state index contributed by atoms with van der Waals surface area (Å²) in [4.78, 5) is 0.695. The van der Waals surface area contributed by atoms with Crippen LogP contribution in [0, 0.1) is 0 Å². The van der Waals surface area contributed by atoms with Crippen LogP contribution in [-0.4, -0.2) is 10.9 Å². The van der Waals surface area contributed by atoms with Crippen LogP contribution in [0.25, 0.3) is 5.57 Å². The van der Waals surface area contributed by atoms with E-state index in [2.05, 4.69) is 0 Å². The molecule has 16 heavy (non-hydrogen) atoms. The number of anilines is 2. The molecule has 0 aliphatic heterocycles. The molecule has 3 nitrogen and oxygen atoms in total. The third kappa shape index (κ3) is 1.85. The lowest BCUT2D eigenvalue weighted by Crippen LogP contribution is -2.27. The number of nitrogens with two attached hydrogens (primary N) is 3. The van der Waals surface area contributed by atoms with Crippen molar-refractivity contribution in [3.63, 3.8) is 0 Å². The van der Waals surface area contributed by atoms with Gasteiger partial charge in [0.1, 0.15) is 0 Å². The molecule has 4 heteroatoms. The fourth-order valence-electron chi connectivity index (χ4n) is 1.68. The maximum Gasteiger partial charge on any atom is 0.0587 e. The topological polar surface area (TPSA) is 78.1 Å². The van der Waals surface area contributed by atoms with Gasteiger partial charge in [0, 0.05) is 21.8 Å². The zero-order valence-corrected chi connectivity index (χ0v) is 9.50. The summed E-state index contributed by atoms with van der Waals surface area (Å²) >= 11 is 5.16. The van der Waals surface area contributed by atoms with Crippen molar-refractivity contribution in [2.45, 2.75) is 6.04 Å². The highest BCUT2D eigenvalue weighted by Gasteiger charge is 2.14. The highest BCUT2D eigenvalue weighted by Crippen LogP contribution is 2.30. The zero-order valence-electron chi connectivity index (χ0n) is 8.68. The van der Waals surface area contributed by atoms with Gasteiger partial charge < -0.3 is 17.2 Å². The predicted octanol–water partition coefficient (Wildman–Crippen LogP) is 1.50. The van der Waals surface area contributed by atoms with Crippen LogP contribution < -0.4 is 17.2 Å².